The molecule has 30 heteroatoms. The van der Waals surface area contributed by atoms with Crippen molar-refractivity contribution in [3.8, 4) is 0 Å². The molecule has 480 valence electrons. The smallest absolute Gasteiger partial charge is 0.245 e. The Morgan fingerprint density at radius 2 is 1.12 bits per heavy atom. The van der Waals surface area contributed by atoms with Gasteiger partial charge < -0.3 is 80.7 Å². The van der Waals surface area contributed by atoms with E-state index >= 15 is 0 Å². The van der Waals surface area contributed by atoms with Crippen molar-refractivity contribution >= 4 is 88.6 Å². The van der Waals surface area contributed by atoms with Crippen molar-refractivity contribution in [3.63, 3.8) is 0 Å². The summed E-state index contributed by atoms with van der Waals surface area (Å²) < 4.78 is 0. The summed E-state index contributed by atoms with van der Waals surface area (Å²) in [5, 5.41) is 23.6. The lowest BCUT2D eigenvalue weighted by molar-refractivity contribution is -0.143. The first-order chi connectivity index (χ1) is 40.8. The fourth-order valence-electron chi connectivity index (χ4n) is 9.29. The van der Waals surface area contributed by atoms with Gasteiger partial charge in [-0.2, -0.15) is 11.8 Å². The number of carbonyl (C=O) groups excluding carboxylic acids is 13. The molecule has 86 heavy (non-hydrogen) atoms. The molecular formula is C56H92N16O13S. The molecule has 12 atom stereocenters. The van der Waals surface area contributed by atoms with E-state index in [9.17, 15) is 62.3 Å². The lowest BCUT2D eigenvalue weighted by atomic mass is 9.96. The highest BCUT2D eigenvalue weighted by Gasteiger charge is 2.41. The summed E-state index contributed by atoms with van der Waals surface area (Å²) in [5.74, 6) is -10.6. The minimum atomic E-state index is -1.63. The van der Waals surface area contributed by atoms with Gasteiger partial charge in [0.2, 0.25) is 76.8 Å². The summed E-state index contributed by atoms with van der Waals surface area (Å²) in [6.07, 6.45) is 7.65. The quantitative estimate of drug-likeness (QED) is 0.0237. The van der Waals surface area contributed by atoms with E-state index in [2.05, 4.69) is 71.0 Å². The predicted octanol–water partition coefficient (Wildman–Crippen LogP) is -2.53. The van der Waals surface area contributed by atoms with Crippen LogP contribution in [0.2, 0.25) is 0 Å². The fraction of sp³-hybridized carbons (Fsp3) is 0.643. The van der Waals surface area contributed by atoms with Gasteiger partial charge in [0.25, 0.3) is 0 Å². The molecule has 0 aromatic carbocycles. The molecule has 0 bridgehead atoms. The number of aromatic amines is 1. The highest BCUT2D eigenvalue weighted by Crippen LogP contribution is 2.22. The van der Waals surface area contributed by atoms with Crippen LogP contribution in [-0.2, 0) is 68.7 Å². The van der Waals surface area contributed by atoms with E-state index in [-0.39, 0.29) is 57.5 Å². The molecule has 1 saturated heterocycles. The Morgan fingerprint density at radius 1 is 0.640 bits per heavy atom. The summed E-state index contributed by atoms with van der Waals surface area (Å²) in [6, 6.07) is -12.9. The van der Waals surface area contributed by atoms with Crippen LogP contribution < -0.4 is 70.8 Å². The van der Waals surface area contributed by atoms with Gasteiger partial charge in [0.1, 0.15) is 60.4 Å². The van der Waals surface area contributed by atoms with E-state index in [1.54, 1.807) is 27.7 Å². The van der Waals surface area contributed by atoms with Crippen LogP contribution in [0.3, 0.4) is 0 Å². The number of imidazole rings is 1. The Morgan fingerprint density at radius 3 is 1.57 bits per heavy atom. The third kappa shape index (κ3) is 25.4. The molecule has 1 aliphatic rings. The maximum atomic E-state index is 14.7. The van der Waals surface area contributed by atoms with E-state index in [1.165, 1.54) is 48.3 Å². The number of nitrogens with two attached hydrogens (primary N) is 4. The zero-order valence-corrected chi connectivity index (χ0v) is 51.1. The molecule has 1 aromatic rings. The van der Waals surface area contributed by atoms with Gasteiger partial charge in [-0.3, -0.25) is 62.3 Å². The van der Waals surface area contributed by atoms with Crippen LogP contribution in [0.25, 0.3) is 0 Å². The highest BCUT2D eigenvalue weighted by molar-refractivity contribution is 7.98. The lowest BCUT2D eigenvalue weighted by Gasteiger charge is -2.32. The average molecular weight is 1230 g/mol. The summed E-state index contributed by atoms with van der Waals surface area (Å²) in [5.41, 5.74) is 22.6. The fourth-order valence-corrected chi connectivity index (χ4v) is 9.77. The zero-order chi connectivity index (χ0) is 64.6. The molecule has 13 amide bonds. The number of amides is 13. The van der Waals surface area contributed by atoms with E-state index in [0.717, 1.165) is 0 Å². The van der Waals surface area contributed by atoms with Gasteiger partial charge in [0, 0.05) is 44.6 Å². The molecule has 2 rings (SSSR count). The number of rotatable bonds is 42. The van der Waals surface area contributed by atoms with Gasteiger partial charge in [-0.25, -0.2) is 4.98 Å². The van der Waals surface area contributed by atoms with Crippen molar-refractivity contribution in [2.24, 2.45) is 34.8 Å². The Hall–Kier alpha value is -7.89. The Balaban J connectivity index is 2.49. The van der Waals surface area contributed by atoms with Crippen LogP contribution in [0.5, 0.6) is 0 Å². The summed E-state index contributed by atoms with van der Waals surface area (Å²) in [6.45, 7) is 15.9. The standard InChI is InChI=1S/C56H92N16O13S/c1-9-16-35(51(80)70-45(47(60)76)31(5)11-3)64-48(77)37(20-22-43(58)74)66-49(78)38(21-23-44(59)75)67-53(82)41(28-34-29-61-30-62-34)69-54(83)42-19-15-26-72(42)56(85)40(18-13-14-25-57)68-55(84)46(32(6)12-4)71-52(81)36(17-10-2)65-50(79)39(24-27-86-8)63-33(7)73/h9-10,29-32,35-42,45-46H,1-2,11-28,57H2,3-8H3,(H2,58,74)(H2,59,75)(H2,60,76)(H,61,62)(H,63,73)(H,64,77)(H,65,79)(H,66,78)(H,67,82)(H,68,84)(H,69,83)(H,70,80)(H,71,81)/t31-,32-,35?,36?,37-,38-,39-,40-,41-,42-,45-,46-/m0/s1. The SMILES string of the molecule is C=CCC(NC(=O)[C@H](CCSC)NC(C)=O)C(=O)N[C@H](C(=O)N[C@@H](CCCCN)C(=O)N1CCC[C@H]1C(=O)N[C@@H](Cc1cnc[nH]1)C(=O)N[C@@H](CCC(N)=O)C(=O)N[C@@H](CCC(N)=O)C(=O)NC(CC=C)C(=O)N[C@H](C(N)=O)[C@@H](C)CC)[C@@H](C)CC. The second-order valence-corrected chi connectivity index (χ2v) is 22.3. The topological polar surface area (TPSA) is 466 Å². The van der Waals surface area contributed by atoms with Crippen LogP contribution in [0.1, 0.15) is 130 Å². The number of unbranched alkanes of at least 4 members (excludes halogenated alkanes) is 1. The average Bonchev–Trinajstić information content (AvgIpc) is 3.20. The normalized spacial score (nSPS) is 16.6. The molecule has 0 radical (unpaired) electrons. The molecule has 2 unspecified atom stereocenters. The summed E-state index contributed by atoms with van der Waals surface area (Å²) in [7, 11) is 0. The number of primary amides is 3. The van der Waals surface area contributed by atoms with Gasteiger partial charge in [0.15, 0.2) is 0 Å². The van der Waals surface area contributed by atoms with Crippen molar-refractivity contribution in [3.05, 3.63) is 43.5 Å². The van der Waals surface area contributed by atoms with Crippen LogP contribution in [0.4, 0.5) is 0 Å². The maximum Gasteiger partial charge on any atom is 0.245 e. The zero-order valence-electron chi connectivity index (χ0n) is 50.3. The number of H-pyrrole nitrogens is 1. The molecule has 1 aromatic heterocycles. The van der Waals surface area contributed by atoms with E-state index in [0.29, 0.717) is 43.6 Å². The van der Waals surface area contributed by atoms with Crippen LogP contribution >= 0.6 is 11.8 Å². The minimum absolute atomic E-state index is 0.0284. The molecule has 1 fully saturated rings. The van der Waals surface area contributed by atoms with Crippen molar-refractivity contribution in [1.82, 2.24) is 62.7 Å². The molecule has 2 heterocycles. The van der Waals surface area contributed by atoms with Gasteiger partial charge in [-0.1, -0.05) is 52.7 Å². The Labute approximate surface area is 506 Å². The maximum absolute atomic E-state index is 14.7. The largest absolute Gasteiger partial charge is 0.370 e. The second-order valence-electron chi connectivity index (χ2n) is 21.4. The number of hydrogen-bond acceptors (Lipinski definition) is 16. The number of nitrogens with zero attached hydrogens (tertiary/aromatic N) is 2. The Kier molecular flexibility index (Phi) is 33.6. The van der Waals surface area contributed by atoms with Gasteiger partial charge in [-0.05, 0) is 94.6 Å². The van der Waals surface area contributed by atoms with Crippen molar-refractivity contribution in [2.75, 3.05) is 25.1 Å². The van der Waals surface area contributed by atoms with E-state index in [1.807, 2.05) is 6.26 Å². The molecule has 1 aliphatic heterocycles. The van der Waals surface area contributed by atoms with E-state index < -0.39 is 169 Å². The predicted molar refractivity (Wildman–Crippen MR) is 321 cm³/mol. The summed E-state index contributed by atoms with van der Waals surface area (Å²) >= 11 is 1.47. The molecule has 0 spiro atoms. The lowest BCUT2D eigenvalue weighted by Crippen LogP contribution is -2.61. The second kappa shape index (κ2) is 38.9. The van der Waals surface area contributed by atoms with Crippen molar-refractivity contribution in [1.29, 1.82) is 0 Å². The van der Waals surface area contributed by atoms with Gasteiger partial charge >= 0.3 is 0 Å². The van der Waals surface area contributed by atoms with Crippen LogP contribution in [0.15, 0.2) is 37.8 Å². The first-order valence-corrected chi connectivity index (χ1v) is 30.4. The molecule has 0 aliphatic carbocycles. The van der Waals surface area contributed by atoms with E-state index in [4.69, 9.17) is 22.9 Å². The third-order valence-corrected chi connectivity index (χ3v) is 15.3. The van der Waals surface area contributed by atoms with Gasteiger partial charge in [0.05, 0.1) is 6.33 Å². The monoisotopic (exact) mass is 1230 g/mol. The highest BCUT2D eigenvalue weighted by atomic mass is 32.2. The van der Waals surface area contributed by atoms with Gasteiger partial charge in [-0.15, -0.1) is 13.2 Å². The van der Waals surface area contributed by atoms with Crippen molar-refractivity contribution < 1.29 is 62.3 Å². The number of aromatic nitrogens is 2. The molecule has 18 N–H and O–H groups in total. The van der Waals surface area contributed by atoms with Crippen molar-refractivity contribution in [2.45, 2.75) is 191 Å². The minimum Gasteiger partial charge on any atom is -0.370 e. The summed E-state index contributed by atoms with van der Waals surface area (Å²) in [4.78, 5) is 183. The number of likely N-dealkylation sites (tertiary alicyclic amines) is 1. The van der Waals surface area contributed by atoms with Crippen LogP contribution in [0, 0.1) is 11.8 Å². The third-order valence-electron chi connectivity index (χ3n) is 14.6. The number of hydrogen-bond donors (Lipinski definition) is 14. The first kappa shape index (κ1) is 74.2. The number of thioether (sulfide) groups is 1. The molecular weight excluding hydrogens is 1140 g/mol. The Bertz CT molecular complexity index is 2500. The van der Waals surface area contributed by atoms with Crippen LogP contribution in [-0.4, -0.2) is 177 Å². The first-order valence-electron chi connectivity index (χ1n) is 29.0. The number of nitrogens with one attached hydrogen (secondary N) is 10. The molecule has 29 nitrogen and oxygen atoms in total. The number of carbonyl (C=O) groups is 13. The molecule has 0 saturated carbocycles.